The van der Waals surface area contributed by atoms with Crippen molar-refractivity contribution in [3.63, 3.8) is 0 Å². The highest BCUT2D eigenvalue weighted by Crippen LogP contribution is 2.28. The van der Waals surface area contributed by atoms with Gasteiger partial charge in [0.15, 0.2) is 0 Å². The van der Waals surface area contributed by atoms with Crippen LogP contribution >= 0.6 is 11.8 Å². The molecule has 0 spiro atoms. The topological polar surface area (TPSA) is 69.7 Å². The molecule has 0 aliphatic carbocycles. The van der Waals surface area contributed by atoms with E-state index >= 15 is 0 Å². The van der Waals surface area contributed by atoms with Gasteiger partial charge in [-0.15, -0.1) is 11.8 Å². The number of hydrogen-bond acceptors (Lipinski definition) is 4. The van der Waals surface area contributed by atoms with Gasteiger partial charge in [0.05, 0.1) is 12.5 Å². The van der Waals surface area contributed by atoms with Gasteiger partial charge in [0.2, 0.25) is 17.7 Å². The maximum Gasteiger partial charge on any atom is 0.243 e. The first-order valence-electron chi connectivity index (χ1n) is 9.43. The molecule has 1 aliphatic heterocycles. The molecule has 1 atom stereocenters. The zero-order valence-electron chi connectivity index (χ0n) is 16.8. The summed E-state index contributed by atoms with van der Waals surface area (Å²) in [6.07, 6.45) is 2.16. The number of nitrogens with zero attached hydrogens (tertiary/aromatic N) is 2. The van der Waals surface area contributed by atoms with E-state index in [1.54, 1.807) is 23.7 Å². The third-order valence-corrected chi connectivity index (χ3v) is 5.69. The van der Waals surface area contributed by atoms with E-state index in [9.17, 15) is 14.4 Å². The van der Waals surface area contributed by atoms with Crippen molar-refractivity contribution < 1.29 is 14.4 Å². The maximum absolute atomic E-state index is 12.8. The number of carbonyl (C=O) groups excluding carboxylic acids is 3. The Bertz CT molecular complexity index is 897. The number of aryl methyl sites for hydroxylation is 1. The average Bonchev–Trinajstić information content (AvgIpc) is 3.10. The molecular weight excluding hydrogens is 386 g/mol. The molecule has 1 saturated heterocycles. The number of anilines is 2. The van der Waals surface area contributed by atoms with E-state index in [1.807, 2.05) is 61.7 Å². The van der Waals surface area contributed by atoms with Gasteiger partial charge < -0.3 is 15.1 Å². The van der Waals surface area contributed by atoms with Gasteiger partial charge in [0.25, 0.3) is 0 Å². The van der Waals surface area contributed by atoms with E-state index < -0.39 is 5.92 Å². The van der Waals surface area contributed by atoms with E-state index in [-0.39, 0.29) is 30.7 Å². The molecule has 1 heterocycles. The predicted octanol–water partition coefficient (Wildman–Crippen LogP) is 3.17. The van der Waals surface area contributed by atoms with Crippen LogP contribution in [-0.4, -0.2) is 49.0 Å². The zero-order valence-corrected chi connectivity index (χ0v) is 17.7. The first-order valence-corrected chi connectivity index (χ1v) is 10.7. The van der Waals surface area contributed by atoms with Gasteiger partial charge in [-0.05, 0) is 49.6 Å². The number of nitrogens with one attached hydrogen (secondary N) is 1. The van der Waals surface area contributed by atoms with Crippen molar-refractivity contribution >= 4 is 40.9 Å². The summed E-state index contributed by atoms with van der Waals surface area (Å²) >= 11 is 1.63. The van der Waals surface area contributed by atoms with Crippen LogP contribution in [0.2, 0.25) is 0 Å². The molecule has 1 aliphatic rings. The molecular formula is C22H25N3O3S. The van der Waals surface area contributed by atoms with Crippen molar-refractivity contribution in [3.8, 4) is 0 Å². The van der Waals surface area contributed by atoms with Crippen molar-refractivity contribution in [1.29, 1.82) is 0 Å². The summed E-state index contributed by atoms with van der Waals surface area (Å²) in [6.45, 7) is 2.25. The average molecular weight is 412 g/mol. The quantitative estimate of drug-likeness (QED) is 0.742. The molecule has 6 nitrogen and oxygen atoms in total. The minimum absolute atomic E-state index is 0.0557. The Hall–Kier alpha value is -2.80. The molecule has 2 aromatic carbocycles. The normalized spacial score (nSPS) is 16.0. The first-order chi connectivity index (χ1) is 13.9. The Labute approximate surface area is 175 Å². The number of benzene rings is 2. The zero-order chi connectivity index (χ0) is 21.0. The minimum atomic E-state index is -0.445. The fourth-order valence-electron chi connectivity index (χ4n) is 3.33. The monoisotopic (exact) mass is 411 g/mol. The Morgan fingerprint density at radius 2 is 1.79 bits per heavy atom. The molecule has 0 radical (unpaired) electrons. The van der Waals surface area contributed by atoms with E-state index in [1.165, 1.54) is 4.90 Å². The lowest BCUT2D eigenvalue weighted by Gasteiger charge is -2.21. The van der Waals surface area contributed by atoms with Gasteiger partial charge in [-0.2, -0.15) is 0 Å². The minimum Gasteiger partial charge on any atom is -0.336 e. The molecule has 1 N–H and O–H groups in total. The molecule has 3 amide bonds. The fraction of sp³-hybridized carbons (Fsp3) is 0.318. The second kappa shape index (κ2) is 9.13. The summed E-state index contributed by atoms with van der Waals surface area (Å²) in [5.41, 5.74) is 2.59. The Morgan fingerprint density at radius 1 is 1.14 bits per heavy atom. The molecule has 0 bridgehead atoms. The second-order valence-corrected chi connectivity index (χ2v) is 8.09. The summed E-state index contributed by atoms with van der Waals surface area (Å²) in [6, 6.07) is 15.2. The molecule has 3 rings (SSSR count). The van der Waals surface area contributed by atoms with Crippen LogP contribution < -0.4 is 10.2 Å². The number of amides is 3. The van der Waals surface area contributed by atoms with Crippen molar-refractivity contribution in [2.24, 2.45) is 5.92 Å². The number of carbonyl (C=O) groups is 3. The lowest BCUT2D eigenvalue weighted by molar-refractivity contribution is -0.137. The van der Waals surface area contributed by atoms with Gasteiger partial charge in [-0.1, -0.05) is 17.7 Å². The standard InChI is InChI=1S/C22H25N3O3S/c1-15-4-6-17(7-5-15)23-20(26)14-24(2)22(28)16-12-21(27)25(13-16)18-8-10-19(29-3)11-9-18/h4-11,16H,12-14H2,1-3H3,(H,23,26). The SMILES string of the molecule is CSc1ccc(N2CC(C(=O)N(C)CC(=O)Nc3ccc(C)cc3)CC2=O)cc1. The summed E-state index contributed by atoms with van der Waals surface area (Å²) in [7, 11) is 1.59. The molecule has 1 fully saturated rings. The number of rotatable bonds is 6. The second-order valence-electron chi connectivity index (χ2n) is 7.21. The Morgan fingerprint density at radius 3 is 2.41 bits per heavy atom. The number of thioether (sulfide) groups is 1. The van der Waals surface area contributed by atoms with Crippen LogP contribution in [0, 0.1) is 12.8 Å². The van der Waals surface area contributed by atoms with Crippen LogP contribution in [0.15, 0.2) is 53.4 Å². The van der Waals surface area contributed by atoms with Crippen molar-refractivity contribution in [2.75, 3.05) is 36.6 Å². The van der Waals surface area contributed by atoms with Crippen molar-refractivity contribution in [3.05, 3.63) is 54.1 Å². The molecule has 0 aromatic heterocycles. The molecule has 2 aromatic rings. The Balaban J connectivity index is 1.57. The van der Waals surface area contributed by atoms with E-state index in [0.717, 1.165) is 16.1 Å². The van der Waals surface area contributed by atoms with Gasteiger partial charge in [0, 0.05) is 36.3 Å². The van der Waals surface area contributed by atoms with Crippen LogP contribution in [0.25, 0.3) is 0 Å². The lowest BCUT2D eigenvalue weighted by atomic mass is 10.1. The molecule has 7 heteroatoms. The highest BCUT2D eigenvalue weighted by atomic mass is 32.2. The summed E-state index contributed by atoms with van der Waals surface area (Å²) < 4.78 is 0. The highest BCUT2D eigenvalue weighted by Gasteiger charge is 2.36. The fourth-order valence-corrected chi connectivity index (χ4v) is 3.74. The van der Waals surface area contributed by atoms with Crippen LogP contribution in [0.3, 0.4) is 0 Å². The molecule has 0 saturated carbocycles. The van der Waals surface area contributed by atoms with Crippen LogP contribution in [0.4, 0.5) is 11.4 Å². The third kappa shape index (κ3) is 5.17. The number of likely N-dealkylation sites (N-methyl/N-ethyl adjacent to an activating group) is 1. The van der Waals surface area contributed by atoms with Crippen LogP contribution in [0.1, 0.15) is 12.0 Å². The highest BCUT2D eigenvalue weighted by molar-refractivity contribution is 7.98. The molecule has 1 unspecified atom stereocenters. The van der Waals surface area contributed by atoms with Crippen LogP contribution in [0.5, 0.6) is 0 Å². The summed E-state index contributed by atoms with van der Waals surface area (Å²) in [4.78, 5) is 41.6. The lowest BCUT2D eigenvalue weighted by Crippen LogP contribution is -2.39. The largest absolute Gasteiger partial charge is 0.336 e. The summed E-state index contributed by atoms with van der Waals surface area (Å²) in [5.74, 6) is -0.975. The van der Waals surface area contributed by atoms with E-state index in [2.05, 4.69) is 5.32 Å². The molecule has 29 heavy (non-hydrogen) atoms. The van der Waals surface area contributed by atoms with Gasteiger partial charge in [0.1, 0.15) is 0 Å². The van der Waals surface area contributed by atoms with Gasteiger partial charge >= 0.3 is 0 Å². The summed E-state index contributed by atoms with van der Waals surface area (Å²) in [5, 5.41) is 2.79. The maximum atomic E-state index is 12.8. The van der Waals surface area contributed by atoms with E-state index in [4.69, 9.17) is 0 Å². The smallest absolute Gasteiger partial charge is 0.243 e. The first kappa shape index (κ1) is 20.9. The molecule has 152 valence electrons. The Kier molecular flexibility index (Phi) is 6.59. The van der Waals surface area contributed by atoms with Crippen LogP contribution in [-0.2, 0) is 14.4 Å². The number of hydrogen-bond donors (Lipinski definition) is 1. The van der Waals surface area contributed by atoms with Gasteiger partial charge in [-0.25, -0.2) is 0 Å². The van der Waals surface area contributed by atoms with E-state index in [0.29, 0.717) is 12.2 Å². The predicted molar refractivity (Wildman–Crippen MR) is 116 cm³/mol. The van der Waals surface area contributed by atoms with Gasteiger partial charge in [-0.3, -0.25) is 14.4 Å². The van der Waals surface area contributed by atoms with Crippen molar-refractivity contribution in [2.45, 2.75) is 18.2 Å². The van der Waals surface area contributed by atoms with Crippen molar-refractivity contribution in [1.82, 2.24) is 4.90 Å². The third-order valence-electron chi connectivity index (χ3n) is 4.95.